The van der Waals surface area contributed by atoms with Crippen LogP contribution >= 0.6 is 0 Å². The van der Waals surface area contributed by atoms with Gasteiger partial charge in [-0.3, -0.25) is 0 Å². The van der Waals surface area contributed by atoms with E-state index in [2.05, 4.69) is 5.32 Å². The van der Waals surface area contributed by atoms with Gasteiger partial charge >= 0.3 is 8.80 Å². The maximum atomic E-state index is 5.01. The highest BCUT2D eigenvalue weighted by Gasteiger charge is 2.29. The van der Waals surface area contributed by atoms with E-state index in [1.54, 1.807) is 21.3 Å². The summed E-state index contributed by atoms with van der Waals surface area (Å²) in [5.74, 6) is 0. The van der Waals surface area contributed by atoms with E-state index in [1.807, 2.05) is 6.55 Å². The number of ether oxygens (including phenoxy) is 1. The van der Waals surface area contributed by atoms with Gasteiger partial charge in [0.15, 0.2) is 0 Å². The average molecular weight is 223 g/mol. The van der Waals surface area contributed by atoms with Crippen molar-refractivity contribution >= 4 is 8.80 Å². The molecule has 5 nitrogen and oxygen atoms in total. The Hall–Kier alpha value is 0.0169. The van der Waals surface area contributed by atoms with Crippen molar-refractivity contribution in [2.45, 2.75) is 6.55 Å². The van der Waals surface area contributed by atoms with Crippen molar-refractivity contribution in [2.75, 3.05) is 47.6 Å². The normalized spacial score (nSPS) is 17.1. The monoisotopic (exact) mass is 223 g/mol. The molecule has 0 atom stereocenters. The molecule has 14 heavy (non-hydrogen) atoms. The SMILES string of the molecule is C1COCCN1.CO[Si](C)(OC)OC. The minimum Gasteiger partial charge on any atom is -0.379 e. The van der Waals surface area contributed by atoms with E-state index in [0.717, 1.165) is 26.3 Å². The lowest BCUT2D eigenvalue weighted by Gasteiger charge is -2.18. The summed E-state index contributed by atoms with van der Waals surface area (Å²) in [6.45, 7) is 5.66. The summed E-state index contributed by atoms with van der Waals surface area (Å²) in [5, 5.41) is 3.16. The van der Waals surface area contributed by atoms with Gasteiger partial charge in [-0.25, -0.2) is 0 Å². The molecule has 0 radical (unpaired) electrons. The minimum absolute atomic E-state index is 0.889. The Bertz CT molecular complexity index is 109. The summed E-state index contributed by atoms with van der Waals surface area (Å²) < 4.78 is 19.8. The molecule has 1 fully saturated rings. The van der Waals surface area contributed by atoms with Crippen molar-refractivity contribution in [1.82, 2.24) is 5.32 Å². The van der Waals surface area contributed by atoms with Crippen LogP contribution in [0.1, 0.15) is 0 Å². The first-order valence-corrected chi connectivity index (χ1v) is 6.85. The van der Waals surface area contributed by atoms with Gasteiger partial charge in [0.1, 0.15) is 0 Å². The molecule has 1 rings (SSSR count). The zero-order chi connectivity index (χ0) is 10.9. The molecule has 0 amide bonds. The van der Waals surface area contributed by atoms with Crippen LogP contribution in [-0.2, 0) is 18.0 Å². The van der Waals surface area contributed by atoms with Gasteiger partial charge in [-0.2, -0.15) is 0 Å². The molecule has 86 valence electrons. The van der Waals surface area contributed by atoms with E-state index >= 15 is 0 Å². The first kappa shape index (κ1) is 14.0. The van der Waals surface area contributed by atoms with Gasteiger partial charge < -0.3 is 23.3 Å². The standard InChI is InChI=1S/C4H9NO.C4H12O3Si/c1-3-6-4-2-5-1;1-5-8(4,6-2)7-3/h5H,1-4H2;1-4H3. The first-order valence-electron chi connectivity index (χ1n) is 4.62. The molecule has 1 aliphatic rings. The van der Waals surface area contributed by atoms with Crippen LogP contribution in [0.15, 0.2) is 0 Å². The predicted molar refractivity (Wildman–Crippen MR) is 56.3 cm³/mol. The van der Waals surface area contributed by atoms with Crippen LogP contribution in [0.5, 0.6) is 0 Å². The second-order valence-corrected chi connectivity index (χ2v) is 5.79. The zero-order valence-corrected chi connectivity index (χ0v) is 10.5. The summed E-state index contributed by atoms with van der Waals surface area (Å²) >= 11 is 0. The summed E-state index contributed by atoms with van der Waals surface area (Å²) in [6, 6.07) is 0. The molecule has 1 N–H and O–H groups in total. The Morgan fingerprint density at radius 3 is 1.50 bits per heavy atom. The van der Waals surface area contributed by atoms with Gasteiger partial charge in [-0.1, -0.05) is 0 Å². The Labute approximate surface area is 87.0 Å². The van der Waals surface area contributed by atoms with Gasteiger partial charge in [0.25, 0.3) is 0 Å². The van der Waals surface area contributed by atoms with Crippen LogP contribution in [0.2, 0.25) is 6.55 Å². The van der Waals surface area contributed by atoms with Gasteiger partial charge in [0.2, 0.25) is 0 Å². The fraction of sp³-hybridized carbons (Fsp3) is 1.00. The van der Waals surface area contributed by atoms with E-state index in [4.69, 9.17) is 18.0 Å². The number of nitrogens with one attached hydrogen (secondary N) is 1. The predicted octanol–water partition coefficient (Wildman–Crippen LogP) is 0.101. The fourth-order valence-corrected chi connectivity index (χ4v) is 1.27. The van der Waals surface area contributed by atoms with Crippen LogP contribution in [0.3, 0.4) is 0 Å². The van der Waals surface area contributed by atoms with Crippen molar-refractivity contribution in [3.8, 4) is 0 Å². The Morgan fingerprint density at radius 1 is 1.00 bits per heavy atom. The molecular weight excluding hydrogens is 202 g/mol. The van der Waals surface area contributed by atoms with Crippen LogP contribution in [0.25, 0.3) is 0 Å². The van der Waals surface area contributed by atoms with E-state index in [0.29, 0.717) is 0 Å². The fourth-order valence-electron chi connectivity index (χ4n) is 0.766. The Morgan fingerprint density at radius 2 is 1.43 bits per heavy atom. The van der Waals surface area contributed by atoms with Gasteiger partial charge in [0, 0.05) is 41.0 Å². The number of morpholine rings is 1. The molecule has 0 aromatic heterocycles. The van der Waals surface area contributed by atoms with Crippen LogP contribution in [0, 0.1) is 0 Å². The van der Waals surface area contributed by atoms with Crippen molar-refractivity contribution in [1.29, 1.82) is 0 Å². The highest BCUT2D eigenvalue weighted by molar-refractivity contribution is 6.58. The minimum atomic E-state index is -2.17. The summed E-state index contributed by atoms with van der Waals surface area (Å²) in [6.07, 6.45) is 0. The molecule has 1 aliphatic heterocycles. The Balaban J connectivity index is 0.000000249. The maximum absolute atomic E-state index is 5.01. The molecule has 1 heterocycles. The third kappa shape index (κ3) is 6.47. The summed E-state index contributed by atoms with van der Waals surface area (Å²) in [7, 11) is 2.58. The first-order chi connectivity index (χ1) is 6.68. The second-order valence-electron chi connectivity index (χ2n) is 2.84. The highest BCUT2D eigenvalue weighted by atomic mass is 28.4. The number of rotatable bonds is 3. The van der Waals surface area contributed by atoms with E-state index in [1.165, 1.54) is 0 Å². The molecule has 0 spiro atoms. The zero-order valence-electron chi connectivity index (χ0n) is 9.46. The molecular formula is C8H21NO4Si. The third-order valence-corrected chi connectivity index (χ3v) is 4.18. The third-order valence-electron chi connectivity index (χ3n) is 1.96. The van der Waals surface area contributed by atoms with Gasteiger partial charge in [0.05, 0.1) is 13.2 Å². The molecule has 0 unspecified atom stereocenters. The van der Waals surface area contributed by atoms with Crippen molar-refractivity contribution in [2.24, 2.45) is 0 Å². The molecule has 0 aliphatic carbocycles. The second kappa shape index (κ2) is 8.34. The lowest BCUT2D eigenvalue weighted by Crippen LogP contribution is -2.38. The topological polar surface area (TPSA) is 49.0 Å². The Kier molecular flexibility index (Phi) is 8.35. The van der Waals surface area contributed by atoms with Gasteiger partial charge in [-0.15, -0.1) is 0 Å². The lowest BCUT2D eigenvalue weighted by molar-refractivity contribution is 0.109. The van der Waals surface area contributed by atoms with E-state index < -0.39 is 8.80 Å². The molecule has 1 saturated heterocycles. The quantitative estimate of drug-likeness (QED) is 0.688. The maximum Gasteiger partial charge on any atom is 0.496 e. The van der Waals surface area contributed by atoms with Crippen LogP contribution in [0.4, 0.5) is 0 Å². The molecule has 0 aromatic carbocycles. The summed E-state index contributed by atoms with van der Waals surface area (Å²) in [5.41, 5.74) is 0. The van der Waals surface area contributed by atoms with Crippen LogP contribution in [-0.4, -0.2) is 56.4 Å². The van der Waals surface area contributed by atoms with E-state index in [-0.39, 0.29) is 0 Å². The molecule has 6 heteroatoms. The molecule has 0 bridgehead atoms. The smallest absolute Gasteiger partial charge is 0.379 e. The van der Waals surface area contributed by atoms with E-state index in [9.17, 15) is 0 Å². The van der Waals surface area contributed by atoms with Crippen molar-refractivity contribution in [3.63, 3.8) is 0 Å². The van der Waals surface area contributed by atoms with Crippen molar-refractivity contribution in [3.05, 3.63) is 0 Å². The number of hydrogen-bond donors (Lipinski definition) is 1. The average Bonchev–Trinajstić information content (AvgIpc) is 2.31. The summed E-state index contributed by atoms with van der Waals surface area (Å²) in [4.78, 5) is 0. The largest absolute Gasteiger partial charge is 0.496 e. The molecule has 0 aromatic rings. The molecule has 0 saturated carbocycles. The highest BCUT2D eigenvalue weighted by Crippen LogP contribution is 2.02. The lowest BCUT2D eigenvalue weighted by atomic mass is 10.5. The van der Waals surface area contributed by atoms with Gasteiger partial charge in [-0.05, 0) is 0 Å². The van der Waals surface area contributed by atoms with Crippen LogP contribution < -0.4 is 5.32 Å². The van der Waals surface area contributed by atoms with Crippen molar-refractivity contribution < 1.29 is 18.0 Å². The number of hydrogen-bond acceptors (Lipinski definition) is 5.